The summed E-state index contributed by atoms with van der Waals surface area (Å²) in [4.78, 5) is 0. The number of rotatable bonds is 5. The smallest absolute Gasteiger partial charge is 0.0180 e. The highest BCUT2D eigenvalue weighted by Gasteiger charge is 2.65. The van der Waals surface area contributed by atoms with Gasteiger partial charge in [0.15, 0.2) is 0 Å². The molecule has 0 amide bonds. The van der Waals surface area contributed by atoms with Gasteiger partial charge in [0.05, 0.1) is 0 Å². The van der Waals surface area contributed by atoms with Gasteiger partial charge in [-0.25, -0.2) is 0 Å². The Morgan fingerprint density at radius 2 is 1.71 bits per heavy atom. The lowest BCUT2D eigenvalue weighted by Crippen LogP contribution is -2.65. The molecule has 2 N–H and O–H groups in total. The van der Waals surface area contributed by atoms with Crippen molar-refractivity contribution >= 4 is 0 Å². The topological polar surface area (TPSA) is 26.0 Å². The van der Waals surface area contributed by atoms with Crippen molar-refractivity contribution in [1.82, 2.24) is 0 Å². The van der Waals surface area contributed by atoms with E-state index < -0.39 is 0 Å². The van der Waals surface area contributed by atoms with Gasteiger partial charge in [0.2, 0.25) is 0 Å². The average molecular weight is 426 g/mol. The van der Waals surface area contributed by atoms with E-state index in [1.807, 2.05) is 0 Å². The maximum absolute atomic E-state index is 6.91. The Hall–Kier alpha value is -0.560. The summed E-state index contributed by atoms with van der Waals surface area (Å²) in [6.45, 7) is 19.2. The third kappa shape index (κ3) is 3.34. The first-order chi connectivity index (χ1) is 14.5. The van der Waals surface area contributed by atoms with Gasteiger partial charge in [-0.1, -0.05) is 45.9 Å². The van der Waals surface area contributed by atoms with Crippen LogP contribution in [0.1, 0.15) is 106 Å². The highest BCUT2D eigenvalue weighted by Crippen LogP contribution is 2.71. The maximum Gasteiger partial charge on any atom is 0.0180 e. The summed E-state index contributed by atoms with van der Waals surface area (Å²) >= 11 is 0. The zero-order valence-electron chi connectivity index (χ0n) is 21.6. The first-order valence-corrected chi connectivity index (χ1v) is 13.6. The predicted octanol–water partition coefficient (Wildman–Crippen LogP) is 8.16. The molecule has 1 heteroatoms. The summed E-state index contributed by atoms with van der Waals surface area (Å²) in [6, 6.07) is 0. The molecular weight excluding hydrogens is 374 g/mol. The molecule has 0 radical (unpaired) electrons. The van der Waals surface area contributed by atoms with Gasteiger partial charge < -0.3 is 5.73 Å². The second-order valence-electron chi connectivity index (χ2n) is 13.3. The highest BCUT2D eigenvalue weighted by atomic mass is 14.8. The first-order valence-electron chi connectivity index (χ1n) is 13.6. The Labute approximate surface area is 193 Å². The Kier molecular flexibility index (Phi) is 6.11. The second-order valence-corrected chi connectivity index (χ2v) is 13.3. The molecule has 9 atom stereocenters. The van der Waals surface area contributed by atoms with Gasteiger partial charge in [-0.15, -0.1) is 6.58 Å². The third-order valence-corrected chi connectivity index (χ3v) is 12.2. The van der Waals surface area contributed by atoms with Crippen LogP contribution >= 0.6 is 0 Å². The van der Waals surface area contributed by atoms with Gasteiger partial charge in [0, 0.05) is 5.54 Å². The summed E-state index contributed by atoms with van der Waals surface area (Å²) in [7, 11) is 0. The molecule has 0 heterocycles. The fourth-order valence-corrected chi connectivity index (χ4v) is 9.93. The van der Waals surface area contributed by atoms with E-state index in [9.17, 15) is 0 Å². The van der Waals surface area contributed by atoms with E-state index in [0.29, 0.717) is 16.7 Å². The molecule has 31 heavy (non-hydrogen) atoms. The minimum Gasteiger partial charge on any atom is -0.325 e. The molecule has 0 aromatic rings. The molecule has 176 valence electrons. The van der Waals surface area contributed by atoms with Gasteiger partial charge in [0.1, 0.15) is 0 Å². The van der Waals surface area contributed by atoms with Crippen LogP contribution in [0.15, 0.2) is 24.8 Å². The largest absolute Gasteiger partial charge is 0.325 e. The van der Waals surface area contributed by atoms with Crippen LogP contribution in [0.2, 0.25) is 0 Å². The molecule has 0 bridgehead atoms. The van der Waals surface area contributed by atoms with Gasteiger partial charge in [-0.05, 0) is 130 Å². The number of hydrogen-bond acceptors (Lipinski definition) is 1. The normalized spacial score (nSPS) is 49.8. The van der Waals surface area contributed by atoms with Crippen molar-refractivity contribution in [2.24, 2.45) is 57.5 Å². The van der Waals surface area contributed by atoms with Crippen LogP contribution in [0.5, 0.6) is 0 Å². The van der Waals surface area contributed by atoms with Crippen molar-refractivity contribution < 1.29 is 0 Å². The Bertz CT molecular complexity index is 701. The van der Waals surface area contributed by atoms with Gasteiger partial charge in [-0.3, -0.25) is 0 Å². The minimum atomic E-state index is -0.0545. The Morgan fingerprint density at radius 3 is 2.39 bits per heavy atom. The van der Waals surface area contributed by atoms with Gasteiger partial charge >= 0.3 is 0 Å². The summed E-state index contributed by atoms with van der Waals surface area (Å²) in [5, 5.41) is 0. The van der Waals surface area contributed by atoms with Crippen molar-refractivity contribution in [2.45, 2.75) is 111 Å². The molecule has 1 nitrogen and oxygen atoms in total. The molecule has 0 aromatic heterocycles. The van der Waals surface area contributed by atoms with Crippen LogP contribution in [-0.4, -0.2) is 5.54 Å². The van der Waals surface area contributed by atoms with E-state index >= 15 is 0 Å². The minimum absolute atomic E-state index is 0.0545. The number of nitrogens with two attached hydrogens (primary N) is 1. The van der Waals surface area contributed by atoms with Crippen LogP contribution in [0, 0.1) is 51.8 Å². The van der Waals surface area contributed by atoms with E-state index in [-0.39, 0.29) is 11.0 Å². The molecule has 0 saturated heterocycles. The fourth-order valence-electron chi connectivity index (χ4n) is 9.93. The molecule has 4 saturated carbocycles. The van der Waals surface area contributed by atoms with E-state index in [0.717, 1.165) is 36.0 Å². The Morgan fingerprint density at radius 1 is 0.968 bits per heavy atom. The summed E-state index contributed by atoms with van der Waals surface area (Å²) < 4.78 is 0. The molecule has 4 aliphatic rings. The second kappa shape index (κ2) is 8.03. The van der Waals surface area contributed by atoms with Crippen LogP contribution in [0.4, 0.5) is 0 Å². The predicted molar refractivity (Wildman–Crippen MR) is 135 cm³/mol. The monoisotopic (exact) mass is 425 g/mol. The van der Waals surface area contributed by atoms with E-state index in [1.165, 1.54) is 57.8 Å². The molecule has 4 fully saturated rings. The quantitative estimate of drug-likeness (QED) is 0.442. The maximum atomic E-state index is 6.91. The van der Waals surface area contributed by atoms with E-state index in [4.69, 9.17) is 5.73 Å². The van der Waals surface area contributed by atoms with Crippen LogP contribution in [0.25, 0.3) is 0 Å². The lowest BCUT2D eigenvalue weighted by atomic mass is 9.38. The Balaban J connectivity index is 1.59. The molecule has 0 spiro atoms. The zero-order chi connectivity index (χ0) is 22.7. The molecular formula is C30H51N. The van der Waals surface area contributed by atoms with E-state index in [1.54, 1.807) is 0 Å². The van der Waals surface area contributed by atoms with Crippen LogP contribution in [-0.2, 0) is 0 Å². The highest BCUT2D eigenvalue weighted by molar-refractivity contribution is 5.20. The molecule has 0 aliphatic heterocycles. The van der Waals surface area contributed by atoms with Crippen molar-refractivity contribution in [3.05, 3.63) is 24.8 Å². The van der Waals surface area contributed by atoms with Gasteiger partial charge in [0.25, 0.3) is 0 Å². The third-order valence-electron chi connectivity index (χ3n) is 12.2. The fraction of sp³-hybridized carbons (Fsp3) is 0.867. The first kappa shape index (κ1) is 23.6. The SMILES string of the molecule is C=CC12CCC(C)(N)C(C)(C)C1CCC1C3CCC(C(C)CC/C=C\C)C3(C)CCC12. The number of allylic oxidation sites excluding steroid dienone is 3. The van der Waals surface area contributed by atoms with Crippen LogP contribution in [0.3, 0.4) is 0 Å². The summed E-state index contributed by atoms with van der Waals surface area (Å²) in [6.07, 6.45) is 20.7. The standard InChI is InChI=1S/C30H51N/c1-8-10-11-12-21(3)23-14-15-24-22-13-16-26-27(4,5)29(7,31)19-20-30(26,9-2)25(22)17-18-28(23,24)6/h8-10,21-26H,2,11-20,31H2,1,3-7H3/b10-8-. The summed E-state index contributed by atoms with van der Waals surface area (Å²) in [5.74, 6) is 5.18. The van der Waals surface area contributed by atoms with Crippen LogP contribution < -0.4 is 5.73 Å². The summed E-state index contributed by atoms with van der Waals surface area (Å²) in [5.41, 5.74) is 7.93. The lowest BCUT2D eigenvalue weighted by Gasteiger charge is -2.67. The molecule has 0 aromatic carbocycles. The van der Waals surface area contributed by atoms with Crippen molar-refractivity contribution in [3.63, 3.8) is 0 Å². The molecule has 9 unspecified atom stereocenters. The number of fused-ring (bicyclic) bond motifs is 5. The van der Waals surface area contributed by atoms with Crippen molar-refractivity contribution in [3.8, 4) is 0 Å². The average Bonchev–Trinajstić information content (AvgIpc) is 3.08. The van der Waals surface area contributed by atoms with Gasteiger partial charge in [-0.2, -0.15) is 0 Å². The molecule has 4 rings (SSSR count). The van der Waals surface area contributed by atoms with E-state index in [2.05, 4.69) is 66.3 Å². The molecule has 4 aliphatic carbocycles. The number of hydrogen-bond donors (Lipinski definition) is 1. The van der Waals surface area contributed by atoms with Crippen molar-refractivity contribution in [2.75, 3.05) is 0 Å². The van der Waals surface area contributed by atoms with Crippen molar-refractivity contribution in [1.29, 1.82) is 0 Å². The zero-order valence-corrected chi connectivity index (χ0v) is 21.6. The lowest BCUT2D eigenvalue weighted by molar-refractivity contribution is -0.152.